The number of nitro benzene ring substituents is 1. The van der Waals surface area contributed by atoms with Gasteiger partial charge >= 0.3 is 5.97 Å². The molecule has 0 aromatic heterocycles. The third-order valence-electron chi connectivity index (χ3n) is 2.39. The number of esters is 1. The van der Waals surface area contributed by atoms with Gasteiger partial charge in [0.25, 0.3) is 5.69 Å². The summed E-state index contributed by atoms with van der Waals surface area (Å²) in [7, 11) is 1.34. The van der Waals surface area contributed by atoms with Crippen LogP contribution in [-0.2, 0) is 9.53 Å². The summed E-state index contributed by atoms with van der Waals surface area (Å²) in [5.41, 5.74) is 0.613. The van der Waals surface area contributed by atoms with Crippen LogP contribution in [0.25, 0.3) is 0 Å². The fourth-order valence-electron chi connectivity index (χ4n) is 1.43. The van der Waals surface area contributed by atoms with Gasteiger partial charge in [-0.25, -0.2) is 0 Å². The SMILES string of the molecule is COC(=O)CCCOc1ccc([N+](=O)[O-])c(C)c1. The van der Waals surface area contributed by atoms with Crippen molar-refractivity contribution in [3.05, 3.63) is 33.9 Å². The number of hydrogen-bond donors (Lipinski definition) is 0. The molecule has 1 rings (SSSR count). The molecule has 1 aromatic carbocycles. The molecule has 0 aliphatic rings. The molecule has 6 nitrogen and oxygen atoms in total. The zero-order chi connectivity index (χ0) is 13.5. The highest BCUT2D eigenvalue weighted by molar-refractivity contribution is 5.69. The van der Waals surface area contributed by atoms with Gasteiger partial charge in [0.15, 0.2) is 0 Å². The smallest absolute Gasteiger partial charge is 0.305 e. The summed E-state index contributed by atoms with van der Waals surface area (Å²) < 4.78 is 9.88. The van der Waals surface area contributed by atoms with E-state index < -0.39 is 4.92 Å². The molecule has 0 spiro atoms. The van der Waals surface area contributed by atoms with Crippen molar-refractivity contribution < 1.29 is 19.2 Å². The largest absolute Gasteiger partial charge is 0.494 e. The zero-order valence-corrected chi connectivity index (χ0v) is 10.3. The summed E-state index contributed by atoms with van der Waals surface area (Å²) in [5, 5.41) is 10.6. The molecule has 98 valence electrons. The summed E-state index contributed by atoms with van der Waals surface area (Å²) in [6.07, 6.45) is 0.838. The van der Waals surface area contributed by atoms with E-state index in [1.54, 1.807) is 19.1 Å². The van der Waals surface area contributed by atoms with Gasteiger partial charge in [-0.1, -0.05) is 0 Å². The first-order chi connectivity index (χ1) is 8.54. The zero-order valence-electron chi connectivity index (χ0n) is 10.3. The van der Waals surface area contributed by atoms with Gasteiger partial charge in [0, 0.05) is 18.1 Å². The van der Waals surface area contributed by atoms with Crippen molar-refractivity contribution in [1.82, 2.24) is 0 Å². The minimum absolute atomic E-state index is 0.0666. The number of carbonyl (C=O) groups excluding carboxylic acids is 1. The Balaban J connectivity index is 2.46. The van der Waals surface area contributed by atoms with Crippen LogP contribution >= 0.6 is 0 Å². The summed E-state index contributed by atoms with van der Waals surface area (Å²) in [6.45, 7) is 2.02. The molecule has 0 fully saturated rings. The Morgan fingerprint density at radius 2 is 2.17 bits per heavy atom. The van der Waals surface area contributed by atoms with E-state index in [-0.39, 0.29) is 11.7 Å². The molecule has 0 unspecified atom stereocenters. The average molecular weight is 253 g/mol. The maximum atomic E-state index is 10.8. The Hall–Kier alpha value is -2.11. The number of nitro groups is 1. The van der Waals surface area contributed by atoms with E-state index in [1.807, 2.05) is 0 Å². The van der Waals surface area contributed by atoms with Crippen molar-refractivity contribution in [2.24, 2.45) is 0 Å². The second kappa shape index (κ2) is 6.58. The van der Waals surface area contributed by atoms with Gasteiger partial charge in [-0.05, 0) is 25.5 Å². The molecule has 0 atom stereocenters. The lowest BCUT2D eigenvalue weighted by Crippen LogP contribution is -2.04. The lowest BCUT2D eigenvalue weighted by Gasteiger charge is -2.06. The van der Waals surface area contributed by atoms with Crippen molar-refractivity contribution in [3.63, 3.8) is 0 Å². The fraction of sp³-hybridized carbons (Fsp3) is 0.417. The lowest BCUT2D eigenvalue weighted by atomic mass is 10.2. The van der Waals surface area contributed by atoms with Crippen LogP contribution in [0.5, 0.6) is 5.75 Å². The van der Waals surface area contributed by atoms with E-state index in [0.29, 0.717) is 30.8 Å². The molecular formula is C12H15NO5. The maximum absolute atomic E-state index is 10.8. The first kappa shape index (κ1) is 14.0. The van der Waals surface area contributed by atoms with Gasteiger partial charge in [-0.2, -0.15) is 0 Å². The number of ether oxygens (including phenoxy) is 2. The molecule has 0 N–H and O–H groups in total. The van der Waals surface area contributed by atoms with Gasteiger partial charge in [0.2, 0.25) is 0 Å². The van der Waals surface area contributed by atoms with Crippen molar-refractivity contribution in [2.75, 3.05) is 13.7 Å². The molecule has 1 aromatic rings. The van der Waals surface area contributed by atoms with E-state index >= 15 is 0 Å². The monoisotopic (exact) mass is 253 g/mol. The van der Waals surface area contributed by atoms with E-state index in [2.05, 4.69) is 4.74 Å². The molecule has 6 heteroatoms. The number of hydrogen-bond acceptors (Lipinski definition) is 5. The van der Waals surface area contributed by atoms with Crippen LogP contribution in [0.2, 0.25) is 0 Å². The van der Waals surface area contributed by atoms with Gasteiger partial charge < -0.3 is 9.47 Å². The molecular weight excluding hydrogens is 238 g/mol. The van der Waals surface area contributed by atoms with Gasteiger partial charge in [0.05, 0.1) is 18.6 Å². The first-order valence-electron chi connectivity index (χ1n) is 5.49. The topological polar surface area (TPSA) is 78.7 Å². The number of nitrogens with zero attached hydrogens (tertiary/aromatic N) is 1. The summed E-state index contributed by atoms with van der Waals surface area (Å²) in [6, 6.07) is 4.56. The van der Waals surface area contributed by atoms with Gasteiger partial charge in [0.1, 0.15) is 5.75 Å². The second-order valence-electron chi connectivity index (χ2n) is 3.73. The summed E-state index contributed by atoms with van der Waals surface area (Å²) in [4.78, 5) is 21.0. The molecule has 0 bridgehead atoms. The molecule has 0 heterocycles. The van der Waals surface area contributed by atoms with Crippen LogP contribution < -0.4 is 4.74 Å². The second-order valence-corrected chi connectivity index (χ2v) is 3.73. The fourth-order valence-corrected chi connectivity index (χ4v) is 1.43. The highest BCUT2D eigenvalue weighted by Crippen LogP contribution is 2.23. The Labute approximate surface area is 105 Å². The van der Waals surface area contributed by atoms with E-state index in [1.165, 1.54) is 13.2 Å². The van der Waals surface area contributed by atoms with E-state index in [9.17, 15) is 14.9 Å². The Morgan fingerprint density at radius 1 is 1.44 bits per heavy atom. The third kappa shape index (κ3) is 4.04. The maximum Gasteiger partial charge on any atom is 0.305 e. The molecule has 0 aliphatic carbocycles. The van der Waals surface area contributed by atoms with Crippen molar-refractivity contribution in [2.45, 2.75) is 19.8 Å². The summed E-state index contributed by atoms with van der Waals surface area (Å²) >= 11 is 0. The number of methoxy groups -OCH3 is 1. The van der Waals surface area contributed by atoms with Crippen molar-refractivity contribution >= 4 is 11.7 Å². The van der Waals surface area contributed by atoms with Crippen LogP contribution in [0.15, 0.2) is 18.2 Å². The predicted octanol–water partition coefficient (Wildman–Crippen LogP) is 2.24. The summed E-state index contributed by atoms with van der Waals surface area (Å²) in [5.74, 6) is 0.279. The Bertz CT molecular complexity index is 444. The van der Waals surface area contributed by atoms with Crippen LogP contribution in [0.4, 0.5) is 5.69 Å². The van der Waals surface area contributed by atoms with Crippen LogP contribution in [0.1, 0.15) is 18.4 Å². The van der Waals surface area contributed by atoms with Crippen molar-refractivity contribution in [1.29, 1.82) is 0 Å². The van der Waals surface area contributed by atoms with Crippen LogP contribution in [-0.4, -0.2) is 24.6 Å². The minimum Gasteiger partial charge on any atom is -0.494 e. The van der Waals surface area contributed by atoms with Crippen molar-refractivity contribution in [3.8, 4) is 5.75 Å². The first-order valence-corrected chi connectivity index (χ1v) is 5.49. The molecule has 18 heavy (non-hydrogen) atoms. The molecule has 0 aliphatic heterocycles. The van der Waals surface area contributed by atoms with Gasteiger partial charge in [-0.3, -0.25) is 14.9 Å². The Morgan fingerprint density at radius 3 is 2.72 bits per heavy atom. The van der Waals surface area contributed by atoms with E-state index in [4.69, 9.17) is 4.74 Å². The Kier molecular flexibility index (Phi) is 5.10. The molecule has 0 saturated heterocycles. The normalized spacial score (nSPS) is 9.89. The highest BCUT2D eigenvalue weighted by Gasteiger charge is 2.10. The van der Waals surface area contributed by atoms with Gasteiger partial charge in [-0.15, -0.1) is 0 Å². The molecule has 0 saturated carbocycles. The van der Waals surface area contributed by atoms with E-state index in [0.717, 1.165) is 0 Å². The number of aryl methyl sites for hydroxylation is 1. The molecule has 0 radical (unpaired) electrons. The quantitative estimate of drug-likeness (QED) is 0.336. The van der Waals surface area contributed by atoms with Crippen LogP contribution in [0.3, 0.4) is 0 Å². The lowest BCUT2D eigenvalue weighted by molar-refractivity contribution is -0.385. The standard InChI is InChI=1S/C12H15NO5/c1-9-8-10(5-6-11(9)13(15)16)18-7-3-4-12(14)17-2/h5-6,8H,3-4,7H2,1-2H3. The molecule has 0 amide bonds. The number of carbonyl (C=O) groups is 1. The minimum atomic E-state index is -0.434. The predicted molar refractivity (Wildman–Crippen MR) is 64.6 cm³/mol. The third-order valence-corrected chi connectivity index (χ3v) is 2.39. The highest BCUT2D eigenvalue weighted by atomic mass is 16.6. The number of benzene rings is 1. The number of rotatable bonds is 6. The average Bonchev–Trinajstić information content (AvgIpc) is 2.34. The van der Waals surface area contributed by atoms with Crippen LogP contribution in [0, 0.1) is 17.0 Å².